The van der Waals surface area contributed by atoms with Gasteiger partial charge in [-0.1, -0.05) is 30.3 Å². The first-order valence-electron chi connectivity index (χ1n) is 8.25. The molecule has 5 nitrogen and oxygen atoms in total. The van der Waals surface area contributed by atoms with Crippen LogP contribution in [0.5, 0.6) is 0 Å². The Labute approximate surface area is 147 Å². The van der Waals surface area contributed by atoms with Crippen LogP contribution in [0, 0.1) is 0 Å². The molecule has 0 amide bonds. The molecule has 0 radical (unpaired) electrons. The van der Waals surface area contributed by atoms with Gasteiger partial charge >= 0.3 is 5.97 Å². The van der Waals surface area contributed by atoms with E-state index in [0.29, 0.717) is 18.7 Å². The van der Waals surface area contributed by atoms with Crippen molar-refractivity contribution in [1.29, 1.82) is 0 Å². The Morgan fingerprint density at radius 1 is 1.20 bits per heavy atom. The Balaban J connectivity index is 2.01. The summed E-state index contributed by atoms with van der Waals surface area (Å²) in [4.78, 5) is 18.9. The summed E-state index contributed by atoms with van der Waals surface area (Å²) >= 11 is 0. The van der Waals surface area contributed by atoms with Gasteiger partial charge in [0.25, 0.3) is 0 Å². The van der Waals surface area contributed by atoms with E-state index in [1.54, 1.807) is 18.3 Å². The minimum atomic E-state index is -0.641. The van der Waals surface area contributed by atoms with Crippen LogP contribution in [-0.4, -0.2) is 26.6 Å². The molecule has 0 unspecified atom stereocenters. The van der Waals surface area contributed by atoms with Crippen LogP contribution in [0.2, 0.25) is 0 Å². The molecule has 0 saturated heterocycles. The van der Waals surface area contributed by atoms with Crippen LogP contribution in [0.25, 0.3) is 5.76 Å². The van der Waals surface area contributed by atoms with Crippen molar-refractivity contribution in [2.24, 2.45) is 0 Å². The number of carbonyl (C=O) groups excluding carboxylic acids is 1. The largest absolute Gasteiger partial charge is 0.505 e. The van der Waals surface area contributed by atoms with E-state index in [2.05, 4.69) is 4.98 Å². The van der Waals surface area contributed by atoms with E-state index in [4.69, 9.17) is 4.74 Å². The number of hydrogen-bond donors (Lipinski definition) is 1. The van der Waals surface area contributed by atoms with Crippen LogP contribution in [0.4, 0.5) is 0 Å². The summed E-state index contributed by atoms with van der Waals surface area (Å²) in [6, 6.07) is 13.3. The normalized spacial score (nSPS) is 14.3. The molecule has 1 N–H and O–H groups in total. The number of esters is 1. The van der Waals surface area contributed by atoms with Crippen LogP contribution in [0.3, 0.4) is 0 Å². The summed E-state index contributed by atoms with van der Waals surface area (Å²) in [5.41, 5.74) is 1.89. The summed E-state index contributed by atoms with van der Waals surface area (Å²) in [6.45, 7) is 6.34. The average molecular weight is 338 g/mol. The number of aliphatic hydroxyl groups is 1. The maximum Gasteiger partial charge on any atom is 0.359 e. The second-order valence-corrected chi connectivity index (χ2v) is 7.04. The number of aliphatic hydroxyl groups excluding tert-OH is 1. The molecule has 0 bridgehead atoms. The first-order valence-corrected chi connectivity index (χ1v) is 8.25. The lowest BCUT2D eigenvalue weighted by Gasteiger charge is -2.32. The minimum Gasteiger partial charge on any atom is -0.505 e. The summed E-state index contributed by atoms with van der Waals surface area (Å²) < 4.78 is 5.51. The third-order valence-corrected chi connectivity index (χ3v) is 3.84. The highest BCUT2D eigenvalue weighted by molar-refractivity contribution is 5.96. The van der Waals surface area contributed by atoms with Crippen molar-refractivity contribution < 1.29 is 14.6 Å². The molecule has 0 aliphatic carbocycles. The number of aromatic nitrogens is 1. The van der Waals surface area contributed by atoms with Gasteiger partial charge in [-0.2, -0.15) is 0 Å². The number of rotatable bonds is 3. The fourth-order valence-corrected chi connectivity index (χ4v) is 2.81. The average Bonchev–Trinajstić information content (AvgIpc) is 2.54. The Morgan fingerprint density at radius 2 is 1.92 bits per heavy atom. The number of carbonyl (C=O) groups is 1. The number of ether oxygens (including phenoxy) is 1. The Kier molecular flexibility index (Phi) is 4.49. The van der Waals surface area contributed by atoms with Gasteiger partial charge in [0.05, 0.1) is 12.2 Å². The SMILES string of the molecule is CC(C)(C)OC(=O)C1=C(O)c2cccnc2CN1Cc1ccccc1. The van der Waals surface area contributed by atoms with E-state index in [0.717, 1.165) is 11.3 Å². The molecule has 1 aliphatic rings. The highest BCUT2D eigenvalue weighted by atomic mass is 16.6. The van der Waals surface area contributed by atoms with Crippen LogP contribution in [-0.2, 0) is 22.6 Å². The van der Waals surface area contributed by atoms with Gasteiger partial charge in [-0.15, -0.1) is 0 Å². The molecule has 0 spiro atoms. The van der Waals surface area contributed by atoms with Crippen LogP contribution < -0.4 is 0 Å². The molecule has 0 atom stereocenters. The van der Waals surface area contributed by atoms with Gasteiger partial charge in [-0.25, -0.2) is 4.79 Å². The second kappa shape index (κ2) is 6.59. The molecule has 3 rings (SSSR count). The molecule has 0 saturated carbocycles. The molecule has 2 aromatic rings. The molecule has 0 fully saturated rings. The van der Waals surface area contributed by atoms with E-state index in [9.17, 15) is 9.90 Å². The van der Waals surface area contributed by atoms with Crippen molar-refractivity contribution in [3.05, 3.63) is 71.2 Å². The van der Waals surface area contributed by atoms with E-state index in [1.807, 2.05) is 56.0 Å². The van der Waals surface area contributed by atoms with Crippen LogP contribution in [0.1, 0.15) is 37.6 Å². The maximum atomic E-state index is 12.7. The third kappa shape index (κ3) is 3.82. The number of benzene rings is 1. The first-order chi connectivity index (χ1) is 11.8. The van der Waals surface area contributed by atoms with Crippen LogP contribution in [0.15, 0.2) is 54.4 Å². The van der Waals surface area contributed by atoms with Crippen LogP contribution >= 0.6 is 0 Å². The fraction of sp³-hybridized carbons (Fsp3) is 0.300. The second-order valence-electron chi connectivity index (χ2n) is 7.04. The van der Waals surface area contributed by atoms with Crippen molar-refractivity contribution in [2.75, 3.05) is 0 Å². The zero-order chi connectivity index (χ0) is 18.0. The number of pyridine rings is 1. The quantitative estimate of drug-likeness (QED) is 0.865. The predicted molar refractivity (Wildman–Crippen MR) is 95.3 cm³/mol. The lowest BCUT2D eigenvalue weighted by atomic mass is 10.0. The van der Waals surface area contributed by atoms with E-state index in [-0.39, 0.29) is 11.5 Å². The maximum absolute atomic E-state index is 12.7. The molecular weight excluding hydrogens is 316 g/mol. The van der Waals surface area contributed by atoms with Gasteiger partial charge in [-0.3, -0.25) is 4.98 Å². The van der Waals surface area contributed by atoms with Gasteiger partial charge in [0.15, 0.2) is 11.5 Å². The standard InChI is InChI=1S/C20H22N2O3/c1-20(2,3)25-19(24)17-18(23)15-10-7-11-21-16(15)13-22(17)12-14-8-5-4-6-9-14/h4-11,23H,12-13H2,1-3H3. The van der Waals surface area contributed by atoms with Gasteiger partial charge in [0.2, 0.25) is 0 Å². The Hall–Kier alpha value is -2.82. The predicted octanol–water partition coefficient (Wildman–Crippen LogP) is 3.67. The minimum absolute atomic E-state index is 0.0838. The topological polar surface area (TPSA) is 62.7 Å². The molecule has 1 aliphatic heterocycles. The molecule has 2 heterocycles. The van der Waals surface area contributed by atoms with Crippen molar-refractivity contribution >= 4 is 11.7 Å². The summed E-state index contributed by atoms with van der Waals surface area (Å²) in [5, 5.41) is 10.7. The number of fused-ring (bicyclic) bond motifs is 1. The highest BCUT2D eigenvalue weighted by Gasteiger charge is 2.33. The summed E-state index contributed by atoms with van der Waals surface area (Å²) in [5.74, 6) is -0.616. The molecular formula is C20H22N2O3. The highest BCUT2D eigenvalue weighted by Crippen LogP contribution is 2.31. The van der Waals surface area contributed by atoms with E-state index in [1.165, 1.54) is 0 Å². The molecule has 1 aromatic carbocycles. The van der Waals surface area contributed by atoms with Gasteiger partial charge in [0, 0.05) is 18.3 Å². The smallest absolute Gasteiger partial charge is 0.359 e. The molecule has 5 heteroatoms. The Morgan fingerprint density at radius 3 is 2.60 bits per heavy atom. The lowest BCUT2D eigenvalue weighted by Crippen LogP contribution is -2.36. The summed E-state index contributed by atoms with van der Waals surface area (Å²) in [7, 11) is 0. The monoisotopic (exact) mass is 338 g/mol. The Bertz CT molecular complexity index is 807. The number of hydrogen-bond acceptors (Lipinski definition) is 5. The zero-order valence-corrected chi connectivity index (χ0v) is 14.7. The molecule has 130 valence electrons. The fourth-order valence-electron chi connectivity index (χ4n) is 2.81. The third-order valence-electron chi connectivity index (χ3n) is 3.84. The van der Waals surface area contributed by atoms with E-state index < -0.39 is 11.6 Å². The van der Waals surface area contributed by atoms with Gasteiger partial charge < -0.3 is 14.7 Å². The van der Waals surface area contributed by atoms with E-state index >= 15 is 0 Å². The van der Waals surface area contributed by atoms with Gasteiger partial charge in [-0.05, 0) is 38.5 Å². The summed E-state index contributed by atoms with van der Waals surface area (Å²) in [6.07, 6.45) is 1.69. The van der Waals surface area contributed by atoms with Crippen molar-refractivity contribution in [1.82, 2.24) is 9.88 Å². The van der Waals surface area contributed by atoms with Gasteiger partial charge in [0.1, 0.15) is 5.60 Å². The molecule has 1 aromatic heterocycles. The van der Waals surface area contributed by atoms with Crippen molar-refractivity contribution in [3.8, 4) is 0 Å². The van der Waals surface area contributed by atoms with Crippen molar-refractivity contribution in [3.63, 3.8) is 0 Å². The molecule has 25 heavy (non-hydrogen) atoms. The lowest BCUT2D eigenvalue weighted by molar-refractivity contribution is -0.152. The van der Waals surface area contributed by atoms with Crippen molar-refractivity contribution in [2.45, 2.75) is 39.5 Å². The first kappa shape index (κ1) is 17.0. The zero-order valence-electron chi connectivity index (χ0n) is 14.7. The number of nitrogens with zero attached hydrogens (tertiary/aromatic N) is 2.